The Bertz CT molecular complexity index is 1210. The summed E-state index contributed by atoms with van der Waals surface area (Å²) in [5.41, 5.74) is 5.95. The summed E-state index contributed by atoms with van der Waals surface area (Å²) in [5, 5.41) is 3.77. The third kappa shape index (κ3) is 5.18. The van der Waals surface area contributed by atoms with Crippen molar-refractivity contribution in [2.75, 3.05) is 16.8 Å². The molecule has 1 aliphatic heterocycles. The van der Waals surface area contributed by atoms with E-state index < -0.39 is 6.04 Å². The molecule has 0 aliphatic carbocycles. The molecule has 174 valence electrons. The third-order valence-corrected chi connectivity index (χ3v) is 6.50. The van der Waals surface area contributed by atoms with Gasteiger partial charge in [0.25, 0.3) is 5.91 Å². The first-order chi connectivity index (χ1) is 16.3. The Labute approximate surface area is 206 Å². The Morgan fingerprint density at radius 1 is 0.971 bits per heavy atom. The molecule has 4 rings (SSSR count). The maximum Gasteiger partial charge on any atom is 0.257 e. The predicted molar refractivity (Wildman–Crippen MR) is 141 cm³/mol. The summed E-state index contributed by atoms with van der Waals surface area (Å²) in [5.74, 6) is -0.454. The molecule has 34 heavy (non-hydrogen) atoms. The molecule has 0 unspecified atom stereocenters. The van der Waals surface area contributed by atoms with E-state index in [9.17, 15) is 9.59 Å². The number of amides is 2. The summed E-state index contributed by atoms with van der Waals surface area (Å²) in [6, 6.07) is 23.0. The molecule has 2 amide bonds. The minimum Gasteiger partial charge on any atom is -0.336 e. The highest BCUT2D eigenvalue weighted by atomic mass is 32.1. The highest BCUT2D eigenvalue weighted by Crippen LogP contribution is 2.27. The van der Waals surface area contributed by atoms with Crippen molar-refractivity contribution in [3.63, 3.8) is 0 Å². The van der Waals surface area contributed by atoms with Gasteiger partial charge >= 0.3 is 0 Å². The largest absolute Gasteiger partial charge is 0.336 e. The number of hydrogen-bond acceptors (Lipinski definition) is 3. The second-order valence-corrected chi connectivity index (χ2v) is 9.19. The summed E-state index contributed by atoms with van der Waals surface area (Å²) < 4.78 is 0. The van der Waals surface area contributed by atoms with E-state index in [1.165, 1.54) is 10.5 Å². The van der Waals surface area contributed by atoms with E-state index in [0.717, 1.165) is 22.4 Å². The molecular weight excluding hydrogens is 442 g/mol. The smallest absolute Gasteiger partial charge is 0.257 e. The fraction of sp³-hybridized carbons (Fsp3) is 0.250. The van der Waals surface area contributed by atoms with Crippen LogP contribution in [0.4, 0.5) is 11.4 Å². The van der Waals surface area contributed by atoms with Crippen molar-refractivity contribution in [3.05, 3.63) is 95.1 Å². The highest BCUT2D eigenvalue weighted by Gasteiger charge is 2.43. The van der Waals surface area contributed by atoms with Gasteiger partial charge in [-0.05, 0) is 68.7 Å². The highest BCUT2D eigenvalue weighted by molar-refractivity contribution is 7.80. The molecule has 0 spiro atoms. The van der Waals surface area contributed by atoms with Crippen molar-refractivity contribution in [2.45, 2.75) is 39.7 Å². The van der Waals surface area contributed by atoms with Gasteiger partial charge in [0.05, 0.1) is 12.1 Å². The van der Waals surface area contributed by atoms with Gasteiger partial charge in [0, 0.05) is 12.2 Å². The number of benzene rings is 3. The number of carbonyl (C=O) groups excluding carboxylic acids is 2. The van der Waals surface area contributed by atoms with Gasteiger partial charge in [-0.15, -0.1) is 0 Å². The van der Waals surface area contributed by atoms with E-state index in [0.29, 0.717) is 23.8 Å². The number of nitrogens with one attached hydrogen (secondary N) is 1. The SMILES string of the molecule is Cc1ccc(N2C(=O)C[C@@H](N(CCc3ccccc3)C(=S)Nc3ccc(C)cc3C)C2=O)cc1. The van der Waals surface area contributed by atoms with E-state index in [-0.39, 0.29) is 18.2 Å². The van der Waals surface area contributed by atoms with Crippen LogP contribution in [0, 0.1) is 20.8 Å². The lowest BCUT2D eigenvalue weighted by molar-refractivity contribution is -0.122. The maximum absolute atomic E-state index is 13.5. The molecule has 6 heteroatoms. The minimum atomic E-state index is -0.650. The second-order valence-electron chi connectivity index (χ2n) is 8.80. The van der Waals surface area contributed by atoms with Gasteiger partial charge in [0.15, 0.2) is 5.11 Å². The van der Waals surface area contributed by atoms with Crippen molar-refractivity contribution >= 4 is 40.5 Å². The molecular formula is C28H29N3O2S. The van der Waals surface area contributed by atoms with Crippen LogP contribution < -0.4 is 10.2 Å². The minimum absolute atomic E-state index is 0.0935. The lowest BCUT2D eigenvalue weighted by Crippen LogP contribution is -2.48. The number of imide groups is 1. The zero-order chi connectivity index (χ0) is 24.2. The fourth-order valence-corrected chi connectivity index (χ4v) is 4.59. The molecule has 0 bridgehead atoms. The molecule has 0 radical (unpaired) electrons. The van der Waals surface area contributed by atoms with Crippen molar-refractivity contribution < 1.29 is 9.59 Å². The second kappa shape index (κ2) is 10.2. The Hall–Kier alpha value is -3.51. The monoisotopic (exact) mass is 471 g/mol. The molecule has 1 atom stereocenters. The van der Waals surface area contributed by atoms with Crippen molar-refractivity contribution in [3.8, 4) is 0 Å². The molecule has 1 fully saturated rings. The predicted octanol–water partition coefficient (Wildman–Crippen LogP) is 5.19. The average Bonchev–Trinajstić information content (AvgIpc) is 3.11. The van der Waals surface area contributed by atoms with Gasteiger partial charge in [-0.25, -0.2) is 4.90 Å². The molecule has 1 N–H and O–H groups in total. The van der Waals surface area contributed by atoms with Gasteiger partial charge < -0.3 is 10.2 Å². The molecule has 0 aromatic heterocycles. The van der Waals surface area contributed by atoms with Gasteiger partial charge in [0.2, 0.25) is 5.91 Å². The maximum atomic E-state index is 13.5. The summed E-state index contributed by atoms with van der Waals surface area (Å²) in [6.07, 6.45) is 0.800. The first kappa shape index (κ1) is 23.6. The lowest BCUT2D eigenvalue weighted by Gasteiger charge is -2.30. The number of thiocarbonyl (C=S) groups is 1. The van der Waals surface area contributed by atoms with Gasteiger partial charge in [-0.3, -0.25) is 9.59 Å². The number of hydrogen-bond donors (Lipinski definition) is 1. The van der Waals surface area contributed by atoms with Crippen LogP contribution >= 0.6 is 12.2 Å². The van der Waals surface area contributed by atoms with Crippen LogP contribution in [0.2, 0.25) is 0 Å². The number of nitrogens with zero attached hydrogens (tertiary/aromatic N) is 2. The van der Waals surface area contributed by atoms with Crippen LogP contribution in [0.15, 0.2) is 72.8 Å². The van der Waals surface area contributed by atoms with Crippen LogP contribution in [-0.4, -0.2) is 34.4 Å². The average molecular weight is 472 g/mol. The number of anilines is 2. The van der Waals surface area contributed by atoms with Crippen molar-refractivity contribution in [1.29, 1.82) is 0 Å². The summed E-state index contributed by atoms with van der Waals surface area (Å²) >= 11 is 5.80. The zero-order valence-corrected chi connectivity index (χ0v) is 20.6. The van der Waals surface area contributed by atoms with Crippen LogP contribution in [0.25, 0.3) is 0 Å². The van der Waals surface area contributed by atoms with Gasteiger partial charge in [-0.2, -0.15) is 0 Å². The van der Waals surface area contributed by atoms with Crippen molar-refractivity contribution in [2.24, 2.45) is 0 Å². The third-order valence-electron chi connectivity index (χ3n) is 6.16. The molecule has 3 aromatic carbocycles. The topological polar surface area (TPSA) is 52.7 Å². The molecule has 5 nitrogen and oxygen atoms in total. The quantitative estimate of drug-likeness (QED) is 0.396. The van der Waals surface area contributed by atoms with Crippen LogP contribution in [-0.2, 0) is 16.0 Å². The number of carbonyl (C=O) groups is 2. The molecule has 0 saturated carbocycles. The van der Waals surface area contributed by atoms with E-state index in [2.05, 4.69) is 23.5 Å². The zero-order valence-electron chi connectivity index (χ0n) is 19.7. The van der Waals surface area contributed by atoms with Gasteiger partial charge in [-0.1, -0.05) is 65.7 Å². The number of aryl methyl sites for hydroxylation is 3. The summed E-state index contributed by atoms with van der Waals surface area (Å²) in [7, 11) is 0. The molecule has 3 aromatic rings. The Morgan fingerprint density at radius 3 is 2.32 bits per heavy atom. The van der Waals surface area contributed by atoms with Crippen molar-refractivity contribution in [1.82, 2.24) is 4.90 Å². The van der Waals surface area contributed by atoms with E-state index in [1.807, 2.05) is 80.3 Å². The van der Waals surface area contributed by atoms with Gasteiger partial charge in [0.1, 0.15) is 6.04 Å². The molecule has 1 saturated heterocycles. The van der Waals surface area contributed by atoms with E-state index >= 15 is 0 Å². The summed E-state index contributed by atoms with van der Waals surface area (Å²) in [4.78, 5) is 29.6. The van der Waals surface area contributed by atoms with Crippen LogP contribution in [0.1, 0.15) is 28.7 Å². The normalized spacial score (nSPS) is 15.5. The molecule has 1 heterocycles. The Morgan fingerprint density at radius 2 is 1.65 bits per heavy atom. The first-order valence-electron chi connectivity index (χ1n) is 11.5. The summed E-state index contributed by atoms with van der Waals surface area (Å²) in [6.45, 7) is 6.56. The van der Waals surface area contributed by atoms with Crippen LogP contribution in [0.5, 0.6) is 0 Å². The fourth-order valence-electron chi connectivity index (χ4n) is 4.26. The lowest BCUT2D eigenvalue weighted by atomic mass is 10.1. The van der Waals surface area contributed by atoms with E-state index in [1.54, 1.807) is 0 Å². The van der Waals surface area contributed by atoms with E-state index in [4.69, 9.17) is 12.2 Å². The molecule has 1 aliphatic rings. The Balaban J connectivity index is 1.60. The first-order valence-corrected chi connectivity index (χ1v) is 11.9. The number of rotatable bonds is 6. The standard InChI is InChI=1S/C28H29N3O2S/c1-19-9-12-23(13-10-19)31-26(32)18-25(27(31)33)30(16-15-22-7-5-4-6-8-22)28(34)29-24-14-11-20(2)17-21(24)3/h4-14,17,25H,15-16,18H2,1-3H3,(H,29,34)/t25-/m1/s1. The van der Waals surface area contributed by atoms with Crippen LogP contribution in [0.3, 0.4) is 0 Å². The Kier molecular flexibility index (Phi) is 7.08.